The van der Waals surface area contributed by atoms with E-state index in [-0.39, 0.29) is 13.2 Å². The van der Waals surface area contributed by atoms with Gasteiger partial charge in [0.2, 0.25) is 0 Å². The van der Waals surface area contributed by atoms with Crippen LogP contribution in [0, 0.1) is 0 Å². The average molecular weight is 251 g/mol. The van der Waals surface area contributed by atoms with Gasteiger partial charge in [-0.2, -0.15) is 0 Å². The predicted molar refractivity (Wildman–Crippen MR) is 51.0 cm³/mol. The number of carbonyl (C=O) groups is 3. The number of aliphatic carboxylic acids is 2. The lowest BCUT2D eigenvalue weighted by Crippen LogP contribution is -2.64. The van der Waals surface area contributed by atoms with Gasteiger partial charge in [0.25, 0.3) is 0 Å². The maximum Gasteiger partial charge on any atom is 0.414 e. The topological polar surface area (TPSA) is 156 Å². The molecule has 1 aliphatic heterocycles. The zero-order valence-corrected chi connectivity index (χ0v) is 8.95. The third kappa shape index (κ3) is 4.34. The molecule has 17 heavy (non-hydrogen) atoms. The summed E-state index contributed by atoms with van der Waals surface area (Å²) >= 11 is 0. The molecule has 1 aliphatic rings. The fraction of sp³-hybridized carbons (Fsp3) is 0.625. The number of carboxylic acids is 2. The van der Waals surface area contributed by atoms with Crippen LogP contribution in [0.15, 0.2) is 0 Å². The van der Waals surface area contributed by atoms with Crippen LogP contribution in [0.5, 0.6) is 0 Å². The molecular weight excluding hydrogens is 238 g/mol. The summed E-state index contributed by atoms with van der Waals surface area (Å²) < 4.78 is 9.07. The van der Waals surface area contributed by atoms with Crippen LogP contribution >= 0.6 is 0 Å². The second kappa shape index (κ2) is 6.13. The number of hydrogen-bond acceptors (Lipinski definition) is 7. The summed E-state index contributed by atoms with van der Waals surface area (Å²) in [6, 6.07) is -0.999. The van der Waals surface area contributed by atoms with E-state index in [1.807, 2.05) is 0 Å². The average Bonchev–Trinajstić information content (AvgIpc) is 2.24. The highest BCUT2D eigenvalue weighted by atomic mass is 16.6. The lowest BCUT2D eigenvalue weighted by molar-refractivity contribution is -0.199. The summed E-state index contributed by atoms with van der Waals surface area (Å²) in [5.74, 6) is -4.26. The number of hydrogen-bond donors (Lipinski definition) is 4. The molecule has 1 unspecified atom stereocenters. The molecule has 9 heteroatoms. The van der Waals surface area contributed by atoms with Crippen molar-refractivity contribution in [2.45, 2.75) is 11.6 Å². The maximum absolute atomic E-state index is 10.8. The lowest BCUT2D eigenvalue weighted by Gasteiger charge is -2.39. The number of carbonyl (C=O) groups excluding carboxylic acids is 1. The van der Waals surface area contributed by atoms with Crippen molar-refractivity contribution in [3.63, 3.8) is 0 Å². The molecule has 1 rings (SSSR count). The smallest absolute Gasteiger partial charge is 0.414 e. The van der Waals surface area contributed by atoms with Gasteiger partial charge in [0.05, 0.1) is 20.3 Å². The Kier molecular flexibility index (Phi) is 5.51. The van der Waals surface area contributed by atoms with E-state index in [1.165, 1.54) is 7.11 Å². The molecule has 1 fully saturated rings. The number of esters is 1. The number of carboxylic acid groups (broad SMARTS) is 2. The molecule has 9 nitrogen and oxygen atoms in total. The van der Waals surface area contributed by atoms with E-state index in [0.717, 1.165) is 0 Å². The molecule has 1 saturated heterocycles. The SMILES string of the molecule is COC(=O)C(N)C1(O)COC1.O=C(O)C(=O)O. The van der Waals surface area contributed by atoms with Crippen molar-refractivity contribution in [3.05, 3.63) is 0 Å². The van der Waals surface area contributed by atoms with E-state index in [9.17, 15) is 9.90 Å². The second-order valence-electron chi connectivity index (χ2n) is 3.21. The summed E-state index contributed by atoms with van der Waals surface area (Å²) in [6.45, 7) is 0.201. The van der Waals surface area contributed by atoms with Crippen LogP contribution in [0.1, 0.15) is 0 Å². The Morgan fingerprint density at radius 3 is 1.88 bits per heavy atom. The van der Waals surface area contributed by atoms with E-state index in [4.69, 9.17) is 30.3 Å². The van der Waals surface area contributed by atoms with E-state index < -0.39 is 29.6 Å². The van der Waals surface area contributed by atoms with Gasteiger partial charge in [-0.25, -0.2) is 9.59 Å². The normalized spacial score (nSPS) is 17.8. The molecule has 1 atom stereocenters. The zero-order chi connectivity index (χ0) is 13.6. The molecule has 0 radical (unpaired) electrons. The quantitative estimate of drug-likeness (QED) is 0.305. The van der Waals surface area contributed by atoms with Crippen molar-refractivity contribution in [2.24, 2.45) is 5.73 Å². The van der Waals surface area contributed by atoms with Gasteiger partial charge in [-0.15, -0.1) is 0 Å². The van der Waals surface area contributed by atoms with Gasteiger partial charge in [-0.05, 0) is 0 Å². The van der Waals surface area contributed by atoms with Gasteiger partial charge < -0.3 is 30.5 Å². The summed E-state index contributed by atoms with van der Waals surface area (Å²) in [7, 11) is 1.23. The van der Waals surface area contributed by atoms with Crippen molar-refractivity contribution >= 4 is 17.9 Å². The van der Waals surface area contributed by atoms with Crippen LogP contribution < -0.4 is 5.73 Å². The number of aliphatic hydroxyl groups is 1. The van der Waals surface area contributed by atoms with Gasteiger partial charge in [0.15, 0.2) is 0 Å². The van der Waals surface area contributed by atoms with E-state index in [0.29, 0.717) is 0 Å². The molecule has 0 saturated carbocycles. The second-order valence-corrected chi connectivity index (χ2v) is 3.21. The number of ether oxygens (including phenoxy) is 2. The van der Waals surface area contributed by atoms with Crippen LogP contribution in [-0.4, -0.2) is 65.2 Å². The molecular formula is C8H13NO8. The Balaban J connectivity index is 0.000000366. The maximum atomic E-state index is 10.8. The first-order chi connectivity index (χ1) is 7.74. The van der Waals surface area contributed by atoms with Crippen LogP contribution in [0.2, 0.25) is 0 Å². The van der Waals surface area contributed by atoms with Crippen molar-refractivity contribution in [2.75, 3.05) is 20.3 Å². The Morgan fingerprint density at radius 2 is 1.71 bits per heavy atom. The molecule has 0 aromatic rings. The summed E-state index contributed by atoms with van der Waals surface area (Å²) in [5.41, 5.74) is 4.15. The van der Waals surface area contributed by atoms with Crippen molar-refractivity contribution in [3.8, 4) is 0 Å². The highest BCUT2D eigenvalue weighted by Gasteiger charge is 2.46. The minimum absolute atomic E-state index is 0.100. The van der Waals surface area contributed by atoms with Gasteiger partial charge in [-0.3, -0.25) is 4.79 Å². The minimum Gasteiger partial charge on any atom is -0.473 e. The van der Waals surface area contributed by atoms with Gasteiger partial charge >= 0.3 is 17.9 Å². The van der Waals surface area contributed by atoms with Crippen LogP contribution in [0.3, 0.4) is 0 Å². The summed E-state index contributed by atoms with van der Waals surface area (Å²) in [4.78, 5) is 29.0. The molecule has 1 heterocycles. The highest BCUT2D eigenvalue weighted by Crippen LogP contribution is 2.20. The largest absolute Gasteiger partial charge is 0.473 e. The first-order valence-corrected chi connectivity index (χ1v) is 4.34. The molecule has 0 bridgehead atoms. The molecule has 0 aromatic carbocycles. The fourth-order valence-corrected chi connectivity index (χ4v) is 0.837. The Labute approximate surface area is 95.7 Å². The van der Waals surface area contributed by atoms with Crippen molar-refractivity contribution < 1.29 is 39.2 Å². The van der Waals surface area contributed by atoms with Crippen LogP contribution in [0.4, 0.5) is 0 Å². The first-order valence-electron chi connectivity index (χ1n) is 4.34. The number of rotatable bonds is 2. The monoisotopic (exact) mass is 251 g/mol. The molecule has 0 spiro atoms. The number of nitrogens with two attached hydrogens (primary N) is 1. The third-order valence-corrected chi connectivity index (χ3v) is 1.92. The molecule has 98 valence electrons. The van der Waals surface area contributed by atoms with E-state index in [1.54, 1.807) is 0 Å². The molecule has 0 aliphatic carbocycles. The molecule has 0 amide bonds. The minimum atomic E-state index is -1.82. The van der Waals surface area contributed by atoms with Crippen molar-refractivity contribution in [1.82, 2.24) is 0 Å². The Hall–Kier alpha value is -1.71. The van der Waals surface area contributed by atoms with Gasteiger partial charge in [0, 0.05) is 0 Å². The standard InChI is InChI=1S/C6H11NO4.C2H2O4/c1-10-5(8)4(7)6(9)2-11-3-6;3-1(4)2(5)6/h4,9H,2-3,7H2,1H3;(H,3,4)(H,5,6). The number of methoxy groups -OCH3 is 1. The summed E-state index contributed by atoms with van der Waals surface area (Å²) in [6.07, 6.45) is 0. The van der Waals surface area contributed by atoms with Crippen LogP contribution in [0.25, 0.3) is 0 Å². The van der Waals surface area contributed by atoms with Crippen LogP contribution in [-0.2, 0) is 23.9 Å². The van der Waals surface area contributed by atoms with Gasteiger partial charge in [-0.1, -0.05) is 0 Å². The Bertz CT molecular complexity index is 299. The van der Waals surface area contributed by atoms with Gasteiger partial charge in [0.1, 0.15) is 11.6 Å². The predicted octanol–water partition coefficient (Wildman–Crippen LogP) is -2.60. The molecule has 0 aromatic heterocycles. The third-order valence-electron chi connectivity index (χ3n) is 1.92. The first kappa shape index (κ1) is 15.3. The van der Waals surface area contributed by atoms with E-state index in [2.05, 4.69) is 4.74 Å². The Morgan fingerprint density at radius 1 is 1.29 bits per heavy atom. The fourth-order valence-electron chi connectivity index (χ4n) is 0.837. The lowest BCUT2D eigenvalue weighted by atomic mass is 9.93. The molecule has 5 N–H and O–H groups in total. The summed E-state index contributed by atoms with van der Waals surface area (Å²) in [5, 5.41) is 24.2. The van der Waals surface area contributed by atoms with Crippen molar-refractivity contribution in [1.29, 1.82) is 0 Å². The zero-order valence-electron chi connectivity index (χ0n) is 8.95. The van der Waals surface area contributed by atoms with E-state index >= 15 is 0 Å². The highest BCUT2D eigenvalue weighted by molar-refractivity contribution is 6.27.